The lowest BCUT2D eigenvalue weighted by Gasteiger charge is -2.32. The number of carboxylic acids is 1. The van der Waals surface area contributed by atoms with Crippen LogP contribution in [0.4, 0.5) is 4.79 Å². The molecule has 2 aliphatic rings. The molecule has 2 rings (SSSR count). The van der Waals surface area contributed by atoms with Crippen LogP contribution in [-0.2, 0) is 9.53 Å². The Morgan fingerprint density at radius 3 is 2.35 bits per heavy atom. The summed E-state index contributed by atoms with van der Waals surface area (Å²) in [6, 6.07) is 0.138. The Kier molecular flexibility index (Phi) is 6.69. The molecule has 132 valence electrons. The SMILES string of the molecule is CC(C)CC1CC(NC(=O)NC2CCC(C(=O)O)CC2)CCO1. The summed E-state index contributed by atoms with van der Waals surface area (Å²) in [5.41, 5.74) is 0. The van der Waals surface area contributed by atoms with E-state index in [1.54, 1.807) is 0 Å². The second-order valence-corrected chi connectivity index (χ2v) is 7.35. The molecule has 2 unspecified atom stereocenters. The maximum Gasteiger partial charge on any atom is 0.315 e. The van der Waals surface area contributed by atoms with Crippen molar-refractivity contribution in [1.29, 1.82) is 0 Å². The van der Waals surface area contributed by atoms with Gasteiger partial charge in [0.25, 0.3) is 0 Å². The minimum absolute atomic E-state index is 0.0944. The van der Waals surface area contributed by atoms with Gasteiger partial charge in [-0.25, -0.2) is 4.79 Å². The number of amides is 2. The Morgan fingerprint density at radius 1 is 1.09 bits per heavy atom. The Labute approximate surface area is 138 Å². The summed E-state index contributed by atoms with van der Waals surface area (Å²) in [7, 11) is 0. The molecule has 0 bridgehead atoms. The van der Waals surface area contributed by atoms with Gasteiger partial charge in [-0.15, -0.1) is 0 Å². The molecule has 0 aromatic rings. The number of aliphatic carboxylic acids is 1. The molecule has 1 aliphatic carbocycles. The van der Waals surface area contributed by atoms with E-state index in [0.717, 1.165) is 32.1 Å². The molecule has 6 nitrogen and oxygen atoms in total. The third kappa shape index (κ3) is 6.01. The first-order valence-electron chi connectivity index (χ1n) is 8.85. The molecule has 1 heterocycles. The van der Waals surface area contributed by atoms with E-state index in [9.17, 15) is 9.59 Å². The van der Waals surface area contributed by atoms with E-state index in [1.165, 1.54) is 0 Å². The summed E-state index contributed by atoms with van der Waals surface area (Å²) >= 11 is 0. The van der Waals surface area contributed by atoms with E-state index < -0.39 is 5.97 Å². The molecule has 3 N–H and O–H groups in total. The summed E-state index contributed by atoms with van der Waals surface area (Å²) in [4.78, 5) is 23.1. The summed E-state index contributed by atoms with van der Waals surface area (Å²) in [5.74, 6) is -0.369. The van der Waals surface area contributed by atoms with Crippen molar-refractivity contribution in [3.8, 4) is 0 Å². The van der Waals surface area contributed by atoms with E-state index in [2.05, 4.69) is 24.5 Å². The van der Waals surface area contributed by atoms with Gasteiger partial charge in [-0.1, -0.05) is 13.8 Å². The van der Waals surface area contributed by atoms with Crippen molar-refractivity contribution in [2.75, 3.05) is 6.61 Å². The standard InChI is InChI=1S/C17H30N2O4/c1-11(2)9-15-10-14(7-8-23-15)19-17(22)18-13-5-3-12(4-6-13)16(20)21/h11-15H,3-10H2,1-2H3,(H,20,21)(H2,18,19,22). The lowest BCUT2D eigenvalue weighted by atomic mass is 9.86. The fraction of sp³-hybridized carbons (Fsp3) is 0.882. The quantitative estimate of drug-likeness (QED) is 0.724. The number of hydrogen-bond donors (Lipinski definition) is 3. The van der Waals surface area contributed by atoms with Crippen molar-refractivity contribution in [2.24, 2.45) is 11.8 Å². The average Bonchev–Trinajstić information content (AvgIpc) is 2.47. The molecule has 0 radical (unpaired) electrons. The molecule has 1 saturated carbocycles. The first-order chi connectivity index (χ1) is 10.9. The number of carbonyl (C=O) groups is 2. The van der Waals surface area contributed by atoms with Gasteiger partial charge in [-0.2, -0.15) is 0 Å². The van der Waals surface area contributed by atoms with Crippen LogP contribution in [0.2, 0.25) is 0 Å². The number of hydrogen-bond acceptors (Lipinski definition) is 3. The second kappa shape index (κ2) is 8.52. The molecule has 2 atom stereocenters. The van der Waals surface area contributed by atoms with Gasteiger partial charge < -0.3 is 20.5 Å². The Bertz CT molecular complexity index is 405. The number of carboxylic acid groups (broad SMARTS) is 1. The van der Waals surface area contributed by atoms with Crippen LogP contribution < -0.4 is 10.6 Å². The van der Waals surface area contributed by atoms with Crippen molar-refractivity contribution in [3.63, 3.8) is 0 Å². The molecular weight excluding hydrogens is 296 g/mol. The van der Waals surface area contributed by atoms with Crippen molar-refractivity contribution in [2.45, 2.75) is 77.0 Å². The number of urea groups is 1. The van der Waals surface area contributed by atoms with Gasteiger partial charge >= 0.3 is 12.0 Å². The minimum atomic E-state index is -0.716. The zero-order chi connectivity index (χ0) is 16.8. The van der Waals surface area contributed by atoms with E-state index in [-0.39, 0.29) is 30.1 Å². The van der Waals surface area contributed by atoms with Crippen molar-refractivity contribution >= 4 is 12.0 Å². The van der Waals surface area contributed by atoms with Gasteiger partial charge in [0.1, 0.15) is 0 Å². The van der Waals surface area contributed by atoms with Gasteiger partial charge in [-0.05, 0) is 50.9 Å². The van der Waals surface area contributed by atoms with Gasteiger partial charge in [0.15, 0.2) is 0 Å². The molecule has 0 spiro atoms. The van der Waals surface area contributed by atoms with Crippen LogP contribution in [-0.4, -0.2) is 41.9 Å². The lowest BCUT2D eigenvalue weighted by molar-refractivity contribution is -0.142. The zero-order valence-corrected chi connectivity index (χ0v) is 14.2. The van der Waals surface area contributed by atoms with E-state index in [0.29, 0.717) is 25.4 Å². The maximum atomic E-state index is 12.1. The Balaban J connectivity index is 1.69. The van der Waals surface area contributed by atoms with Crippen LogP contribution >= 0.6 is 0 Å². The highest BCUT2D eigenvalue weighted by Crippen LogP contribution is 2.24. The van der Waals surface area contributed by atoms with Gasteiger partial charge in [-0.3, -0.25) is 4.79 Å². The number of ether oxygens (including phenoxy) is 1. The van der Waals surface area contributed by atoms with Gasteiger partial charge in [0.05, 0.1) is 12.0 Å². The highest BCUT2D eigenvalue weighted by molar-refractivity contribution is 5.74. The molecule has 0 aromatic carbocycles. The normalized spacial score (nSPS) is 31.6. The highest BCUT2D eigenvalue weighted by atomic mass is 16.5. The molecule has 2 fully saturated rings. The molecule has 0 aromatic heterocycles. The van der Waals surface area contributed by atoms with Crippen LogP contribution in [0.3, 0.4) is 0 Å². The summed E-state index contributed by atoms with van der Waals surface area (Å²) in [5, 5.41) is 15.1. The molecule has 23 heavy (non-hydrogen) atoms. The first kappa shape index (κ1) is 18.0. The van der Waals surface area contributed by atoms with Crippen LogP contribution in [0.1, 0.15) is 58.8 Å². The average molecular weight is 326 g/mol. The number of rotatable bonds is 5. The van der Waals surface area contributed by atoms with Crippen LogP contribution in [0.5, 0.6) is 0 Å². The summed E-state index contributed by atoms with van der Waals surface area (Å²) < 4.78 is 5.76. The van der Waals surface area contributed by atoms with E-state index >= 15 is 0 Å². The number of carbonyl (C=O) groups excluding carboxylic acids is 1. The van der Waals surface area contributed by atoms with E-state index in [1.807, 2.05) is 0 Å². The van der Waals surface area contributed by atoms with E-state index in [4.69, 9.17) is 9.84 Å². The monoisotopic (exact) mass is 326 g/mol. The topological polar surface area (TPSA) is 87.7 Å². The Morgan fingerprint density at radius 2 is 1.74 bits per heavy atom. The largest absolute Gasteiger partial charge is 0.481 e. The van der Waals surface area contributed by atoms with Gasteiger partial charge in [0, 0.05) is 18.7 Å². The second-order valence-electron chi connectivity index (χ2n) is 7.35. The van der Waals surface area contributed by atoms with Crippen molar-refractivity contribution in [3.05, 3.63) is 0 Å². The van der Waals surface area contributed by atoms with Crippen LogP contribution in [0, 0.1) is 11.8 Å². The first-order valence-corrected chi connectivity index (χ1v) is 8.85. The fourth-order valence-electron chi connectivity index (χ4n) is 3.60. The fourth-order valence-corrected chi connectivity index (χ4v) is 3.60. The Hall–Kier alpha value is -1.30. The third-order valence-corrected chi connectivity index (χ3v) is 4.85. The highest BCUT2D eigenvalue weighted by Gasteiger charge is 2.28. The maximum absolute atomic E-state index is 12.1. The molecule has 2 amide bonds. The van der Waals surface area contributed by atoms with Crippen LogP contribution in [0.15, 0.2) is 0 Å². The third-order valence-electron chi connectivity index (χ3n) is 4.85. The van der Waals surface area contributed by atoms with Crippen molar-refractivity contribution in [1.82, 2.24) is 10.6 Å². The minimum Gasteiger partial charge on any atom is -0.481 e. The van der Waals surface area contributed by atoms with Crippen molar-refractivity contribution < 1.29 is 19.4 Å². The lowest BCUT2D eigenvalue weighted by Crippen LogP contribution is -2.50. The molecule has 1 saturated heterocycles. The van der Waals surface area contributed by atoms with Crippen LogP contribution in [0.25, 0.3) is 0 Å². The number of nitrogens with one attached hydrogen (secondary N) is 2. The van der Waals surface area contributed by atoms with Gasteiger partial charge in [0.2, 0.25) is 0 Å². The molecular formula is C17H30N2O4. The molecule has 6 heteroatoms. The summed E-state index contributed by atoms with van der Waals surface area (Å²) in [6.45, 7) is 5.06. The zero-order valence-electron chi connectivity index (χ0n) is 14.2. The predicted octanol–water partition coefficient (Wildman–Crippen LogP) is 2.52. The molecule has 1 aliphatic heterocycles. The predicted molar refractivity (Wildman–Crippen MR) is 87.3 cm³/mol. The summed E-state index contributed by atoms with van der Waals surface area (Å²) in [6.07, 6.45) is 5.77. The smallest absolute Gasteiger partial charge is 0.315 e.